The molecule has 1 atom stereocenters. The summed E-state index contributed by atoms with van der Waals surface area (Å²) in [6.07, 6.45) is 0. The number of aromatic nitrogens is 1. The SMILES string of the molecule is C[C@H](Nc1oc(COc2ccc(F)cc2)nc1C#N)c1ccccc1. The van der Waals surface area contributed by atoms with E-state index in [2.05, 4.69) is 10.3 Å². The monoisotopic (exact) mass is 337 g/mol. The van der Waals surface area contributed by atoms with Gasteiger partial charge < -0.3 is 14.5 Å². The molecule has 1 aromatic heterocycles. The molecule has 0 bridgehead atoms. The van der Waals surface area contributed by atoms with Gasteiger partial charge in [-0.3, -0.25) is 0 Å². The average Bonchev–Trinajstić information content (AvgIpc) is 3.04. The Kier molecular flexibility index (Phi) is 4.95. The molecule has 0 radical (unpaired) electrons. The van der Waals surface area contributed by atoms with E-state index in [0.29, 0.717) is 11.6 Å². The molecule has 0 aliphatic carbocycles. The van der Waals surface area contributed by atoms with E-state index in [4.69, 9.17) is 9.15 Å². The first kappa shape index (κ1) is 16.5. The first-order valence-corrected chi connectivity index (χ1v) is 7.75. The van der Waals surface area contributed by atoms with E-state index >= 15 is 0 Å². The van der Waals surface area contributed by atoms with Crippen molar-refractivity contribution < 1.29 is 13.5 Å². The van der Waals surface area contributed by atoms with Crippen LogP contribution in [0.5, 0.6) is 5.75 Å². The molecule has 1 heterocycles. The summed E-state index contributed by atoms with van der Waals surface area (Å²) in [5.41, 5.74) is 1.23. The number of anilines is 1. The van der Waals surface area contributed by atoms with E-state index in [1.54, 1.807) is 0 Å². The third-order valence-electron chi connectivity index (χ3n) is 3.60. The van der Waals surface area contributed by atoms with E-state index in [0.717, 1.165) is 5.56 Å². The van der Waals surface area contributed by atoms with Crippen LogP contribution in [0.2, 0.25) is 0 Å². The van der Waals surface area contributed by atoms with Crippen molar-refractivity contribution in [2.45, 2.75) is 19.6 Å². The molecule has 0 amide bonds. The number of halogens is 1. The normalized spacial score (nSPS) is 11.6. The van der Waals surface area contributed by atoms with Gasteiger partial charge in [0.05, 0.1) is 6.04 Å². The van der Waals surface area contributed by atoms with E-state index in [1.807, 2.05) is 43.3 Å². The molecule has 0 unspecified atom stereocenters. The van der Waals surface area contributed by atoms with Gasteiger partial charge in [0.2, 0.25) is 17.5 Å². The molecule has 126 valence electrons. The summed E-state index contributed by atoms with van der Waals surface area (Å²) >= 11 is 0. The van der Waals surface area contributed by atoms with Crippen molar-refractivity contribution >= 4 is 5.88 Å². The largest absolute Gasteiger partial charge is 0.484 e. The smallest absolute Gasteiger partial charge is 0.236 e. The van der Waals surface area contributed by atoms with Crippen molar-refractivity contribution in [3.05, 3.63) is 77.6 Å². The zero-order valence-corrected chi connectivity index (χ0v) is 13.6. The van der Waals surface area contributed by atoms with Gasteiger partial charge in [-0.15, -0.1) is 0 Å². The maximum atomic E-state index is 12.9. The molecule has 0 saturated carbocycles. The predicted octanol–water partition coefficient (Wildman–Crippen LogP) is 4.44. The summed E-state index contributed by atoms with van der Waals surface area (Å²) in [6.45, 7) is 2.01. The van der Waals surface area contributed by atoms with E-state index < -0.39 is 0 Å². The topological polar surface area (TPSA) is 71.1 Å². The van der Waals surface area contributed by atoms with Crippen molar-refractivity contribution in [1.29, 1.82) is 5.26 Å². The van der Waals surface area contributed by atoms with Crippen LogP contribution in [0.1, 0.15) is 30.1 Å². The summed E-state index contributed by atoms with van der Waals surface area (Å²) in [6, 6.07) is 17.4. The fourth-order valence-corrected chi connectivity index (χ4v) is 2.30. The Morgan fingerprint density at radius 1 is 1.20 bits per heavy atom. The van der Waals surface area contributed by atoms with E-state index in [9.17, 15) is 9.65 Å². The Hall–Kier alpha value is -3.33. The molecule has 0 aliphatic heterocycles. The Balaban J connectivity index is 1.69. The number of benzene rings is 2. The minimum Gasteiger partial charge on any atom is -0.484 e. The summed E-state index contributed by atoms with van der Waals surface area (Å²) in [7, 11) is 0. The van der Waals surface area contributed by atoms with Gasteiger partial charge in [0, 0.05) is 0 Å². The Morgan fingerprint density at radius 3 is 2.60 bits per heavy atom. The standard InChI is InChI=1S/C19H16FN3O2/c1-13(14-5-3-2-4-6-14)22-19-17(11-21)23-18(25-19)12-24-16-9-7-15(20)8-10-16/h2-10,13,22H,12H2,1H3/t13-/m0/s1. The van der Waals surface area contributed by atoms with Crippen LogP contribution in [0.3, 0.4) is 0 Å². The first-order chi connectivity index (χ1) is 12.2. The molecule has 0 fully saturated rings. The molecule has 2 aromatic carbocycles. The fraction of sp³-hybridized carbons (Fsp3) is 0.158. The van der Waals surface area contributed by atoms with Gasteiger partial charge in [-0.2, -0.15) is 10.2 Å². The van der Waals surface area contributed by atoms with Gasteiger partial charge in [0.1, 0.15) is 17.6 Å². The number of oxazole rings is 1. The molecule has 3 aromatic rings. The highest BCUT2D eigenvalue weighted by molar-refractivity contribution is 5.47. The van der Waals surface area contributed by atoms with Crippen LogP contribution in [0.15, 0.2) is 59.0 Å². The molecule has 0 spiro atoms. The van der Waals surface area contributed by atoms with Gasteiger partial charge in [-0.1, -0.05) is 30.3 Å². The molecular formula is C19H16FN3O2. The lowest BCUT2D eigenvalue weighted by molar-refractivity contribution is 0.264. The number of ether oxygens (including phenoxy) is 1. The van der Waals surface area contributed by atoms with Gasteiger partial charge in [0.15, 0.2) is 6.61 Å². The Morgan fingerprint density at radius 2 is 1.92 bits per heavy atom. The number of rotatable bonds is 6. The van der Waals surface area contributed by atoms with Crippen molar-refractivity contribution in [3.63, 3.8) is 0 Å². The lowest BCUT2D eigenvalue weighted by atomic mass is 10.1. The third kappa shape index (κ3) is 4.15. The lowest BCUT2D eigenvalue weighted by Crippen LogP contribution is -2.06. The van der Waals surface area contributed by atoms with Crippen LogP contribution in [0.25, 0.3) is 0 Å². The molecular weight excluding hydrogens is 321 g/mol. The molecule has 0 aliphatic rings. The number of nitriles is 1. The van der Waals surface area contributed by atoms with Gasteiger partial charge in [0.25, 0.3) is 0 Å². The van der Waals surface area contributed by atoms with Crippen molar-refractivity contribution in [2.24, 2.45) is 0 Å². The summed E-state index contributed by atoms with van der Waals surface area (Å²) < 4.78 is 24.0. The number of nitrogens with zero attached hydrogens (tertiary/aromatic N) is 2. The molecule has 5 nitrogen and oxygen atoms in total. The van der Waals surface area contributed by atoms with E-state index in [-0.39, 0.29) is 30.1 Å². The third-order valence-corrected chi connectivity index (χ3v) is 3.60. The maximum Gasteiger partial charge on any atom is 0.236 e. The van der Waals surface area contributed by atoms with Gasteiger partial charge >= 0.3 is 0 Å². The van der Waals surface area contributed by atoms with E-state index in [1.165, 1.54) is 24.3 Å². The maximum absolute atomic E-state index is 12.9. The Bertz CT molecular complexity index is 870. The Labute approximate surface area is 144 Å². The highest BCUT2D eigenvalue weighted by Crippen LogP contribution is 2.24. The fourth-order valence-electron chi connectivity index (χ4n) is 2.30. The minimum absolute atomic E-state index is 0.0434. The highest BCUT2D eigenvalue weighted by atomic mass is 19.1. The molecule has 1 N–H and O–H groups in total. The summed E-state index contributed by atoms with van der Waals surface area (Å²) in [4.78, 5) is 4.12. The predicted molar refractivity (Wildman–Crippen MR) is 90.4 cm³/mol. The van der Waals surface area contributed by atoms with Crippen LogP contribution in [-0.2, 0) is 6.61 Å². The number of nitrogens with one attached hydrogen (secondary N) is 1. The van der Waals surface area contributed by atoms with Crippen LogP contribution in [-0.4, -0.2) is 4.98 Å². The van der Waals surface area contributed by atoms with Crippen molar-refractivity contribution in [1.82, 2.24) is 4.98 Å². The second-order valence-electron chi connectivity index (χ2n) is 5.42. The zero-order chi connectivity index (χ0) is 17.6. The highest BCUT2D eigenvalue weighted by Gasteiger charge is 2.16. The minimum atomic E-state index is -0.336. The van der Waals surface area contributed by atoms with Gasteiger partial charge in [-0.05, 0) is 36.8 Å². The molecule has 6 heteroatoms. The zero-order valence-electron chi connectivity index (χ0n) is 13.6. The number of hydrogen-bond acceptors (Lipinski definition) is 5. The van der Waals surface area contributed by atoms with Gasteiger partial charge in [-0.25, -0.2) is 4.39 Å². The molecule has 0 saturated heterocycles. The van der Waals surface area contributed by atoms with Crippen LogP contribution in [0.4, 0.5) is 10.3 Å². The van der Waals surface area contributed by atoms with Crippen LogP contribution < -0.4 is 10.1 Å². The molecule has 3 rings (SSSR count). The van der Waals surface area contributed by atoms with Crippen LogP contribution in [0, 0.1) is 17.1 Å². The lowest BCUT2D eigenvalue weighted by Gasteiger charge is -2.13. The second-order valence-corrected chi connectivity index (χ2v) is 5.42. The number of hydrogen-bond donors (Lipinski definition) is 1. The second kappa shape index (κ2) is 7.49. The average molecular weight is 337 g/mol. The van der Waals surface area contributed by atoms with Crippen LogP contribution >= 0.6 is 0 Å². The molecule has 25 heavy (non-hydrogen) atoms. The summed E-state index contributed by atoms with van der Waals surface area (Å²) in [5.74, 6) is 0.724. The summed E-state index contributed by atoms with van der Waals surface area (Å²) in [5, 5.41) is 12.4. The first-order valence-electron chi connectivity index (χ1n) is 7.75. The quantitative estimate of drug-likeness (QED) is 0.720. The van der Waals surface area contributed by atoms with Crippen molar-refractivity contribution in [2.75, 3.05) is 5.32 Å². The van der Waals surface area contributed by atoms with Crippen molar-refractivity contribution in [3.8, 4) is 11.8 Å².